The molecule has 0 aromatic heterocycles. The lowest BCUT2D eigenvalue weighted by atomic mass is 9.37. The minimum atomic E-state index is 0.0618. The molecule has 4 aliphatic carbocycles. The third-order valence-electron chi connectivity index (χ3n) is 12.3. The van der Waals surface area contributed by atoms with Gasteiger partial charge in [-0.2, -0.15) is 0 Å². The number of aliphatic hydroxyl groups is 1. The zero-order valence-corrected chi connectivity index (χ0v) is 22.0. The van der Waals surface area contributed by atoms with Gasteiger partial charge in [-0.15, -0.1) is 0 Å². The molecule has 2 saturated carbocycles. The van der Waals surface area contributed by atoms with Crippen molar-refractivity contribution in [2.75, 3.05) is 13.2 Å². The standard InChI is InChI=1S/C30H49NO/c1-25(2)23-11-13-30(7)24(28(23,5)12-8-18-31-25)10-9-21-22-19-26(3,20-32)14-15-27(22,4)16-17-29(21,30)6/h9-10,23-24,31-32H,8,11-20H2,1-7H3/t23-,24+,26+,27+,28-,29+,30+/m0/s1. The van der Waals surface area contributed by atoms with E-state index >= 15 is 0 Å². The first kappa shape index (κ1) is 23.2. The average molecular weight is 440 g/mol. The summed E-state index contributed by atoms with van der Waals surface area (Å²) < 4.78 is 0. The fourth-order valence-corrected chi connectivity index (χ4v) is 9.80. The molecule has 2 heteroatoms. The zero-order chi connectivity index (χ0) is 23.2. The summed E-state index contributed by atoms with van der Waals surface area (Å²) in [6.07, 6.45) is 16.8. The van der Waals surface area contributed by atoms with Gasteiger partial charge in [-0.05, 0) is 123 Å². The molecule has 1 saturated heterocycles. The van der Waals surface area contributed by atoms with E-state index < -0.39 is 0 Å². The van der Waals surface area contributed by atoms with Crippen molar-refractivity contribution in [3.05, 3.63) is 23.3 Å². The van der Waals surface area contributed by atoms with Crippen molar-refractivity contribution in [3.63, 3.8) is 0 Å². The van der Waals surface area contributed by atoms with Gasteiger partial charge >= 0.3 is 0 Å². The van der Waals surface area contributed by atoms with Crippen LogP contribution in [0.15, 0.2) is 23.3 Å². The van der Waals surface area contributed by atoms with Gasteiger partial charge in [0.15, 0.2) is 0 Å². The van der Waals surface area contributed by atoms with Crippen molar-refractivity contribution in [3.8, 4) is 0 Å². The quantitative estimate of drug-likeness (QED) is 0.459. The van der Waals surface area contributed by atoms with Crippen LogP contribution in [0.4, 0.5) is 0 Å². The van der Waals surface area contributed by atoms with Crippen molar-refractivity contribution < 1.29 is 5.11 Å². The van der Waals surface area contributed by atoms with Crippen molar-refractivity contribution in [1.82, 2.24) is 5.32 Å². The molecule has 0 aromatic carbocycles. The van der Waals surface area contributed by atoms with Gasteiger partial charge in [0, 0.05) is 12.1 Å². The number of allylic oxidation sites excluding steroid dienone is 4. The van der Waals surface area contributed by atoms with E-state index in [9.17, 15) is 5.11 Å². The molecule has 1 aliphatic heterocycles. The molecule has 5 aliphatic rings. The molecule has 3 fully saturated rings. The van der Waals surface area contributed by atoms with Crippen LogP contribution in [0, 0.1) is 38.9 Å². The van der Waals surface area contributed by atoms with Crippen LogP contribution in [0.2, 0.25) is 0 Å². The molecule has 2 N–H and O–H groups in total. The molecule has 0 radical (unpaired) electrons. The number of rotatable bonds is 1. The summed E-state index contributed by atoms with van der Waals surface area (Å²) in [4.78, 5) is 0. The van der Waals surface area contributed by atoms with Crippen molar-refractivity contribution in [2.45, 2.75) is 112 Å². The van der Waals surface area contributed by atoms with Gasteiger partial charge in [-0.1, -0.05) is 52.3 Å². The Morgan fingerprint density at radius 1 is 0.938 bits per heavy atom. The Hall–Kier alpha value is -0.600. The highest BCUT2D eigenvalue weighted by Gasteiger charge is 2.65. The maximum Gasteiger partial charge on any atom is 0.0487 e. The van der Waals surface area contributed by atoms with Crippen molar-refractivity contribution in [1.29, 1.82) is 0 Å². The van der Waals surface area contributed by atoms with Crippen LogP contribution in [0.5, 0.6) is 0 Å². The lowest BCUT2D eigenvalue weighted by Crippen LogP contribution is -2.62. The van der Waals surface area contributed by atoms with Crippen LogP contribution in [0.3, 0.4) is 0 Å². The first-order valence-electron chi connectivity index (χ1n) is 13.6. The molecule has 0 unspecified atom stereocenters. The van der Waals surface area contributed by atoms with E-state index in [1.165, 1.54) is 51.4 Å². The summed E-state index contributed by atoms with van der Waals surface area (Å²) in [5.74, 6) is 1.39. The van der Waals surface area contributed by atoms with Gasteiger partial charge in [0.05, 0.1) is 0 Å². The topological polar surface area (TPSA) is 32.3 Å². The van der Waals surface area contributed by atoms with E-state index in [2.05, 4.69) is 65.9 Å². The molecular weight excluding hydrogens is 390 g/mol. The van der Waals surface area contributed by atoms with Gasteiger partial charge in [-0.25, -0.2) is 0 Å². The molecule has 0 spiro atoms. The van der Waals surface area contributed by atoms with Crippen LogP contribution in [-0.4, -0.2) is 23.8 Å². The Labute approximate surface area is 197 Å². The van der Waals surface area contributed by atoms with E-state index in [4.69, 9.17) is 0 Å². The lowest BCUT2D eigenvalue weighted by Gasteiger charge is -2.67. The monoisotopic (exact) mass is 439 g/mol. The number of fused-ring (bicyclic) bond motifs is 6. The van der Waals surface area contributed by atoms with Gasteiger partial charge in [-0.3, -0.25) is 0 Å². The van der Waals surface area contributed by atoms with Gasteiger partial charge in [0.2, 0.25) is 0 Å². The summed E-state index contributed by atoms with van der Waals surface area (Å²) in [5.41, 5.74) is 4.95. The summed E-state index contributed by atoms with van der Waals surface area (Å²) in [5, 5.41) is 14.1. The highest BCUT2D eigenvalue weighted by Crippen LogP contribution is 2.72. The number of aliphatic hydroxyl groups excluding tert-OH is 1. The molecule has 5 rings (SSSR count). The first-order chi connectivity index (χ1) is 14.8. The Bertz CT molecular complexity index is 855. The van der Waals surface area contributed by atoms with E-state index in [0.29, 0.717) is 28.8 Å². The largest absolute Gasteiger partial charge is 0.396 e. The third-order valence-corrected chi connectivity index (χ3v) is 12.3. The van der Waals surface area contributed by atoms with E-state index in [-0.39, 0.29) is 16.4 Å². The fourth-order valence-electron chi connectivity index (χ4n) is 9.80. The summed E-state index contributed by atoms with van der Waals surface area (Å²) in [6.45, 7) is 19.2. The van der Waals surface area contributed by atoms with Gasteiger partial charge in [0.1, 0.15) is 0 Å². The van der Waals surface area contributed by atoms with Crippen LogP contribution in [0.25, 0.3) is 0 Å². The first-order valence-corrected chi connectivity index (χ1v) is 13.6. The fraction of sp³-hybridized carbons (Fsp3) is 0.867. The molecule has 0 amide bonds. The second-order valence-electron chi connectivity index (χ2n) is 14.5. The zero-order valence-electron chi connectivity index (χ0n) is 22.0. The number of hydrogen-bond acceptors (Lipinski definition) is 2. The van der Waals surface area contributed by atoms with E-state index in [1.54, 1.807) is 11.1 Å². The second kappa shape index (κ2) is 6.97. The van der Waals surface area contributed by atoms with E-state index in [0.717, 1.165) is 18.9 Å². The maximum atomic E-state index is 10.2. The van der Waals surface area contributed by atoms with Crippen LogP contribution < -0.4 is 5.32 Å². The maximum absolute atomic E-state index is 10.2. The molecule has 7 atom stereocenters. The Morgan fingerprint density at radius 2 is 1.66 bits per heavy atom. The van der Waals surface area contributed by atoms with Crippen molar-refractivity contribution >= 4 is 0 Å². The highest BCUT2D eigenvalue weighted by atomic mass is 16.3. The lowest BCUT2D eigenvalue weighted by molar-refractivity contribution is -0.119. The smallest absolute Gasteiger partial charge is 0.0487 e. The minimum Gasteiger partial charge on any atom is -0.396 e. The van der Waals surface area contributed by atoms with Crippen LogP contribution >= 0.6 is 0 Å². The number of nitrogens with one attached hydrogen (secondary N) is 1. The summed E-state index contributed by atoms with van der Waals surface area (Å²) >= 11 is 0. The minimum absolute atomic E-state index is 0.0618. The van der Waals surface area contributed by atoms with E-state index in [1.807, 2.05) is 0 Å². The number of hydrogen-bond donors (Lipinski definition) is 2. The predicted octanol–water partition coefficient (Wildman–Crippen LogP) is 7.04. The normalized spacial score (nSPS) is 52.4. The SMILES string of the molecule is CC1(C)NCCC[C@]2(C)[C@H]3C=CC4=C5C[C@](C)(CO)CC[C@]5(C)CC[C@@]4(C)[C@]3(C)CC[C@@H]12. The average Bonchev–Trinajstić information content (AvgIpc) is 2.85. The van der Waals surface area contributed by atoms with Gasteiger partial charge < -0.3 is 10.4 Å². The van der Waals surface area contributed by atoms with Crippen LogP contribution in [-0.2, 0) is 0 Å². The molecule has 32 heavy (non-hydrogen) atoms. The summed E-state index contributed by atoms with van der Waals surface area (Å²) in [7, 11) is 0. The highest BCUT2D eigenvalue weighted by molar-refractivity contribution is 5.45. The molecule has 2 nitrogen and oxygen atoms in total. The molecule has 0 bridgehead atoms. The van der Waals surface area contributed by atoms with Crippen LogP contribution in [0.1, 0.15) is 106 Å². The Kier molecular flexibility index (Phi) is 5.04. The van der Waals surface area contributed by atoms with Crippen molar-refractivity contribution in [2.24, 2.45) is 38.9 Å². The second-order valence-corrected chi connectivity index (χ2v) is 14.5. The molecule has 180 valence electrons. The van der Waals surface area contributed by atoms with Gasteiger partial charge in [0.25, 0.3) is 0 Å². The molecular formula is C30H49NO. The third kappa shape index (κ3) is 2.90. The Morgan fingerprint density at radius 3 is 2.38 bits per heavy atom. The molecule has 0 aromatic rings. The molecule has 1 heterocycles. The predicted molar refractivity (Wildman–Crippen MR) is 134 cm³/mol. The summed E-state index contributed by atoms with van der Waals surface area (Å²) in [6, 6.07) is 0. The Balaban J connectivity index is 1.65.